The highest BCUT2D eigenvalue weighted by Gasteiger charge is 2.14. The Balaban J connectivity index is 2.16. The second-order valence-corrected chi connectivity index (χ2v) is 5.04. The van der Waals surface area contributed by atoms with Crippen molar-refractivity contribution in [2.75, 3.05) is 44.9 Å². The molecular formula is C10H20N2O2S. The molecule has 0 unspecified atom stereocenters. The van der Waals surface area contributed by atoms with E-state index >= 15 is 0 Å². The van der Waals surface area contributed by atoms with Crippen LogP contribution in [-0.4, -0.2) is 61.7 Å². The third-order valence-corrected chi connectivity index (χ3v) is 3.24. The molecule has 1 aliphatic heterocycles. The maximum Gasteiger partial charge on any atom is 0.234 e. The maximum atomic E-state index is 11.6. The summed E-state index contributed by atoms with van der Waals surface area (Å²) in [6.07, 6.45) is 0. The predicted octanol–water partition coefficient (Wildman–Crippen LogP) is 0.186. The third kappa shape index (κ3) is 5.39. The van der Waals surface area contributed by atoms with Gasteiger partial charge in [0, 0.05) is 37.7 Å². The van der Waals surface area contributed by atoms with Crippen LogP contribution in [-0.2, 0) is 9.53 Å². The molecule has 0 aromatic heterocycles. The lowest BCUT2D eigenvalue weighted by Crippen LogP contribution is -2.44. The van der Waals surface area contributed by atoms with Crippen LogP contribution >= 0.6 is 11.8 Å². The maximum absolute atomic E-state index is 11.6. The number of carbonyl (C=O) groups excluding carboxylic acids is 1. The van der Waals surface area contributed by atoms with Crippen molar-refractivity contribution >= 4 is 17.7 Å². The molecule has 0 bridgehead atoms. The fourth-order valence-electron chi connectivity index (χ4n) is 1.57. The number of methoxy groups -OCH3 is 1. The fraction of sp³-hybridized carbons (Fsp3) is 0.900. The van der Waals surface area contributed by atoms with E-state index < -0.39 is 0 Å². The molecule has 88 valence electrons. The highest BCUT2D eigenvalue weighted by molar-refractivity contribution is 7.99. The Morgan fingerprint density at radius 3 is 2.80 bits per heavy atom. The third-order valence-electron chi connectivity index (χ3n) is 2.29. The van der Waals surface area contributed by atoms with Gasteiger partial charge in [0.2, 0.25) is 5.91 Å². The molecule has 4 nitrogen and oxygen atoms in total. The Morgan fingerprint density at radius 1 is 1.53 bits per heavy atom. The van der Waals surface area contributed by atoms with Gasteiger partial charge in [0.25, 0.3) is 0 Å². The first-order valence-corrected chi connectivity index (χ1v) is 6.46. The second kappa shape index (κ2) is 7.09. The normalized spacial score (nSPS) is 19.9. The summed E-state index contributed by atoms with van der Waals surface area (Å²) in [5.41, 5.74) is 0. The van der Waals surface area contributed by atoms with Crippen LogP contribution < -0.4 is 5.32 Å². The van der Waals surface area contributed by atoms with E-state index in [-0.39, 0.29) is 11.9 Å². The lowest BCUT2D eigenvalue weighted by Gasteiger charge is -2.26. The van der Waals surface area contributed by atoms with Crippen LogP contribution in [0.15, 0.2) is 0 Å². The van der Waals surface area contributed by atoms with Gasteiger partial charge in [-0.05, 0) is 6.92 Å². The van der Waals surface area contributed by atoms with Crippen molar-refractivity contribution in [2.45, 2.75) is 13.0 Å². The zero-order valence-corrected chi connectivity index (χ0v) is 10.3. The standard InChI is InChI=1S/C10H20N2O2S/c1-9(8-14-2)11-10(13)7-12-3-5-15-6-4-12/h9H,3-8H2,1-2H3,(H,11,13)/t9-/m0/s1. The smallest absolute Gasteiger partial charge is 0.234 e. The van der Waals surface area contributed by atoms with Crippen molar-refractivity contribution in [1.82, 2.24) is 10.2 Å². The molecule has 1 atom stereocenters. The van der Waals surface area contributed by atoms with Crippen molar-refractivity contribution in [3.8, 4) is 0 Å². The summed E-state index contributed by atoms with van der Waals surface area (Å²) >= 11 is 1.95. The first kappa shape index (κ1) is 12.8. The molecular weight excluding hydrogens is 212 g/mol. The summed E-state index contributed by atoms with van der Waals surface area (Å²) in [5.74, 6) is 2.38. The molecule has 1 rings (SSSR count). The van der Waals surface area contributed by atoms with Gasteiger partial charge in [0.1, 0.15) is 0 Å². The number of amides is 1. The van der Waals surface area contributed by atoms with Crippen LogP contribution in [0, 0.1) is 0 Å². The predicted molar refractivity (Wildman–Crippen MR) is 63.2 cm³/mol. The number of hydrogen-bond acceptors (Lipinski definition) is 4. The van der Waals surface area contributed by atoms with E-state index in [9.17, 15) is 4.79 Å². The summed E-state index contributed by atoms with van der Waals surface area (Å²) in [6.45, 7) is 5.09. The molecule has 0 radical (unpaired) electrons. The molecule has 15 heavy (non-hydrogen) atoms. The lowest BCUT2D eigenvalue weighted by atomic mass is 10.3. The zero-order valence-electron chi connectivity index (χ0n) is 9.49. The largest absolute Gasteiger partial charge is 0.383 e. The van der Waals surface area contributed by atoms with Gasteiger partial charge < -0.3 is 10.1 Å². The Kier molecular flexibility index (Phi) is 6.05. The number of hydrogen-bond donors (Lipinski definition) is 1. The van der Waals surface area contributed by atoms with Gasteiger partial charge >= 0.3 is 0 Å². The number of nitrogens with zero attached hydrogens (tertiary/aromatic N) is 1. The summed E-state index contributed by atoms with van der Waals surface area (Å²) in [4.78, 5) is 13.8. The van der Waals surface area contributed by atoms with Crippen LogP contribution in [0.3, 0.4) is 0 Å². The molecule has 0 spiro atoms. The molecule has 5 heteroatoms. The van der Waals surface area contributed by atoms with Gasteiger partial charge in [-0.25, -0.2) is 0 Å². The fourth-order valence-corrected chi connectivity index (χ4v) is 2.55. The molecule has 0 aromatic rings. The van der Waals surface area contributed by atoms with Crippen LogP contribution in [0.2, 0.25) is 0 Å². The average Bonchev–Trinajstić information content (AvgIpc) is 2.19. The van der Waals surface area contributed by atoms with Gasteiger partial charge in [-0.2, -0.15) is 11.8 Å². The highest BCUT2D eigenvalue weighted by Crippen LogP contribution is 2.08. The molecule has 0 aliphatic carbocycles. The number of carbonyl (C=O) groups is 1. The van der Waals surface area contributed by atoms with Gasteiger partial charge in [0.15, 0.2) is 0 Å². The van der Waals surface area contributed by atoms with E-state index in [1.54, 1.807) is 7.11 Å². The summed E-state index contributed by atoms with van der Waals surface area (Å²) in [7, 11) is 1.64. The van der Waals surface area contributed by atoms with Gasteiger partial charge in [0.05, 0.1) is 13.2 Å². The molecule has 1 amide bonds. The monoisotopic (exact) mass is 232 g/mol. The van der Waals surface area contributed by atoms with E-state index in [2.05, 4.69) is 10.2 Å². The Bertz CT molecular complexity index is 196. The summed E-state index contributed by atoms with van der Waals surface area (Å²) in [5, 5.41) is 2.92. The van der Waals surface area contributed by atoms with Gasteiger partial charge in [-0.15, -0.1) is 0 Å². The first-order chi connectivity index (χ1) is 7.22. The van der Waals surface area contributed by atoms with Gasteiger partial charge in [-0.1, -0.05) is 0 Å². The van der Waals surface area contributed by atoms with E-state index in [1.807, 2.05) is 18.7 Å². The molecule has 1 heterocycles. The van der Waals surface area contributed by atoms with E-state index in [0.717, 1.165) is 24.6 Å². The molecule has 1 saturated heterocycles. The molecule has 1 aliphatic rings. The lowest BCUT2D eigenvalue weighted by molar-refractivity contribution is -0.123. The minimum atomic E-state index is 0.0988. The number of rotatable bonds is 5. The molecule has 1 N–H and O–H groups in total. The summed E-state index contributed by atoms with van der Waals surface area (Å²) in [6, 6.07) is 0.0988. The minimum Gasteiger partial charge on any atom is -0.383 e. The topological polar surface area (TPSA) is 41.6 Å². The number of ether oxygens (including phenoxy) is 1. The molecule has 0 saturated carbocycles. The van der Waals surface area contributed by atoms with Crippen LogP contribution in [0.25, 0.3) is 0 Å². The van der Waals surface area contributed by atoms with Crippen molar-refractivity contribution in [1.29, 1.82) is 0 Å². The van der Waals surface area contributed by atoms with Crippen LogP contribution in [0.4, 0.5) is 0 Å². The molecule has 1 fully saturated rings. The molecule has 0 aromatic carbocycles. The minimum absolute atomic E-state index is 0.0988. The SMILES string of the molecule is COC[C@H](C)NC(=O)CN1CCSCC1. The zero-order chi connectivity index (χ0) is 11.1. The summed E-state index contributed by atoms with van der Waals surface area (Å²) < 4.78 is 4.96. The van der Waals surface area contributed by atoms with Crippen molar-refractivity contribution in [2.24, 2.45) is 0 Å². The van der Waals surface area contributed by atoms with Crippen molar-refractivity contribution in [3.05, 3.63) is 0 Å². The quantitative estimate of drug-likeness (QED) is 0.734. The highest BCUT2D eigenvalue weighted by atomic mass is 32.2. The van der Waals surface area contributed by atoms with Crippen LogP contribution in [0.5, 0.6) is 0 Å². The van der Waals surface area contributed by atoms with Gasteiger partial charge in [-0.3, -0.25) is 9.69 Å². The van der Waals surface area contributed by atoms with Crippen molar-refractivity contribution in [3.63, 3.8) is 0 Å². The second-order valence-electron chi connectivity index (χ2n) is 3.81. The van der Waals surface area contributed by atoms with Crippen LogP contribution in [0.1, 0.15) is 6.92 Å². The number of thioether (sulfide) groups is 1. The average molecular weight is 232 g/mol. The van der Waals surface area contributed by atoms with Crippen molar-refractivity contribution < 1.29 is 9.53 Å². The van der Waals surface area contributed by atoms with E-state index in [0.29, 0.717) is 13.2 Å². The Morgan fingerprint density at radius 2 is 2.20 bits per heavy atom. The Hall–Kier alpha value is -0.260. The number of nitrogens with one attached hydrogen (secondary N) is 1. The first-order valence-electron chi connectivity index (χ1n) is 5.30. The Labute approximate surface area is 95.7 Å². The van der Waals surface area contributed by atoms with E-state index in [4.69, 9.17) is 4.74 Å². The van der Waals surface area contributed by atoms with E-state index in [1.165, 1.54) is 0 Å².